The zero-order valence-corrected chi connectivity index (χ0v) is 17.2. The molecule has 3 heterocycles. The minimum atomic E-state index is 0.121. The van der Waals surface area contributed by atoms with Gasteiger partial charge in [0.25, 0.3) is 5.91 Å². The van der Waals surface area contributed by atoms with E-state index in [-0.39, 0.29) is 11.3 Å². The van der Waals surface area contributed by atoms with Crippen LogP contribution in [0.2, 0.25) is 0 Å². The largest absolute Gasteiger partial charge is 0.497 e. The number of furan rings is 1. The second-order valence-electron chi connectivity index (χ2n) is 8.47. The molecule has 28 heavy (non-hydrogen) atoms. The van der Waals surface area contributed by atoms with Crippen LogP contribution < -0.4 is 4.74 Å². The van der Waals surface area contributed by atoms with E-state index in [1.807, 2.05) is 30.9 Å². The number of ether oxygens (including phenoxy) is 1. The number of hydrogen-bond acceptors (Lipinski definition) is 4. The van der Waals surface area contributed by atoms with Crippen LogP contribution in [0.25, 0.3) is 0 Å². The highest BCUT2D eigenvalue weighted by atomic mass is 16.5. The lowest BCUT2D eigenvalue weighted by Crippen LogP contribution is -2.45. The Labute approximate surface area is 167 Å². The van der Waals surface area contributed by atoms with Crippen molar-refractivity contribution < 1.29 is 13.9 Å². The highest BCUT2D eigenvalue weighted by Gasteiger charge is 2.43. The number of methoxy groups -OCH3 is 1. The summed E-state index contributed by atoms with van der Waals surface area (Å²) in [6, 6.07) is 10.2. The third-order valence-corrected chi connectivity index (χ3v) is 6.28. The number of hydrogen-bond donors (Lipinski definition) is 0. The Bertz CT molecular complexity index is 859. The van der Waals surface area contributed by atoms with E-state index < -0.39 is 0 Å². The number of amides is 1. The molecule has 0 saturated carbocycles. The Balaban J connectivity index is 1.42. The minimum Gasteiger partial charge on any atom is -0.497 e. The van der Waals surface area contributed by atoms with Gasteiger partial charge in [-0.3, -0.25) is 9.69 Å². The monoisotopic (exact) mass is 382 g/mol. The van der Waals surface area contributed by atoms with E-state index in [4.69, 9.17) is 9.15 Å². The predicted molar refractivity (Wildman–Crippen MR) is 109 cm³/mol. The second kappa shape index (κ2) is 7.63. The molecular formula is C23H30N2O3. The van der Waals surface area contributed by atoms with Gasteiger partial charge in [0.05, 0.1) is 12.7 Å². The van der Waals surface area contributed by atoms with E-state index in [0.29, 0.717) is 0 Å². The zero-order chi connectivity index (χ0) is 19.7. The lowest BCUT2D eigenvalue weighted by atomic mass is 9.79. The third-order valence-electron chi connectivity index (χ3n) is 6.28. The van der Waals surface area contributed by atoms with Crippen molar-refractivity contribution in [3.05, 3.63) is 53.0 Å². The normalized spacial score (nSPS) is 22.8. The van der Waals surface area contributed by atoms with Crippen molar-refractivity contribution in [3.63, 3.8) is 0 Å². The fraction of sp³-hybridized carbons (Fsp3) is 0.522. The summed E-state index contributed by atoms with van der Waals surface area (Å²) in [4.78, 5) is 17.6. The first-order valence-corrected chi connectivity index (χ1v) is 10.2. The number of benzene rings is 1. The number of piperidine rings is 1. The number of carbonyl (C=O) groups is 1. The molecule has 1 amide bonds. The molecule has 5 heteroatoms. The third kappa shape index (κ3) is 3.81. The minimum absolute atomic E-state index is 0.121. The summed E-state index contributed by atoms with van der Waals surface area (Å²) in [5, 5.41) is 0. The molecule has 1 spiro atoms. The molecule has 0 bridgehead atoms. The number of nitrogens with zero attached hydrogens (tertiary/aromatic N) is 2. The lowest BCUT2D eigenvalue weighted by Gasteiger charge is -2.40. The molecule has 0 aliphatic carbocycles. The van der Waals surface area contributed by atoms with E-state index in [1.54, 1.807) is 7.11 Å². The van der Waals surface area contributed by atoms with E-state index in [0.717, 1.165) is 62.0 Å². The van der Waals surface area contributed by atoms with Gasteiger partial charge in [-0.25, -0.2) is 0 Å². The van der Waals surface area contributed by atoms with E-state index >= 15 is 0 Å². The first kappa shape index (κ1) is 19.1. The van der Waals surface area contributed by atoms with Crippen LogP contribution in [0.5, 0.6) is 5.75 Å². The first-order valence-electron chi connectivity index (χ1n) is 10.2. The van der Waals surface area contributed by atoms with Crippen LogP contribution in [0.1, 0.15) is 46.7 Å². The molecule has 4 rings (SSSR count). The molecule has 1 unspecified atom stereocenters. The fourth-order valence-electron chi connectivity index (χ4n) is 4.93. The maximum atomic E-state index is 13.0. The Morgan fingerprint density at radius 2 is 2.04 bits per heavy atom. The Morgan fingerprint density at radius 3 is 2.79 bits per heavy atom. The van der Waals surface area contributed by atoms with Gasteiger partial charge in [-0.1, -0.05) is 12.1 Å². The second-order valence-corrected chi connectivity index (χ2v) is 8.47. The van der Waals surface area contributed by atoms with Gasteiger partial charge in [-0.05, 0) is 63.4 Å². The fourth-order valence-corrected chi connectivity index (χ4v) is 4.93. The maximum absolute atomic E-state index is 13.0. The van der Waals surface area contributed by atoms with Gasteiger partial charge in [0.1, 0.15) is 17.3 Å². The van der Waals surface area contributed by atoms with Gasteiger partial charge in [0.2, 0.25) is 0 Å². The Morgan fingerprint density at radius 1 is 1.18 bits per heavy atom. The van der Waals surface area contributed by atoms with E-state index in [1.165, 1.54) is 18.4 Å². The SMILES string of the molecule is COc1cccc(CN2CCCC3(CCN(C(=O)c4cc(C)oc4C)C3)C2)c1. The summed E-state index contributed by atoms with van der Waals surface area (Å²) in [5.74, 6) is 2.56. The van der Waals surface area contributed by atoms with E-state index in [2.05, 4.69) is 23.1 Å². The van der Waals surface area contributed by atoms with Crippen molar-refractivity contribution in [1.82, 2.24) is 9.80 Å². The first-order chi connectivity index (χ1) is 13.5. The maximum Gasteiger partial charge on any atom is 0.257 e. The van der Waals surface area contributed by atoms with Crippen LogP contribution in [0.4, 0.5) is 0 Å². The molecule has 0 N–H and O–H groups in total. The molecule has 2 aliphatic heterocycles. The average molecular weight is 383 g/mol. The van der Waals surface area contributed by atoms with Crippen molar-refractivity contribution in [2.75, 3.05) is 33.3 Å². The summed E-state index contributed by atoms with van der Waals surface area (Å²) in [5.41, 5.74) is 2.23. The van der Waals surface area contributed by atoms with Crippen LogP contribution >= 0.6 is 0 Å². The van der Waals surface area contributed by atoms with Gasteiger partial charge in [0, 0.05) is 31.6 Å². The number of aryl methyl sites for hydroxylation is 2. The summed E-state index contributed by atoms with van der Waals surface area (Å²) < 4.78 is 10.9. The molecule has 2 saturated heterocycles. The van der Waals surface area contributed by atoms with Crippen molar-refractivity contribution in [1.29, 1.82) is 0 Å². The molecule has 1 atom stereocenters. The number of carbonyl (C=O) groups excluding carboxylic acids is 1. The van der Waals surface area contributed by atoms with Crippen LogP contribution in [0.15, 0.2) is 34.7 Å². The smallest absolute Gasteiger partial charge is 0.257 e. The van der Waals surface area contributed by atoms with Crippen LogP contribution in [0, 0.1) is 19.3 Å². The van der Waals surface area contributed by atoms with Crippen molar-refractivity contribution in [2.24, 2.45) is 5.41 Å². The predicted octanol–water partition coefficient (Wildman–Crippen LogP) is 4.03. The summed E-state index contributed by atoms with van der Waals surface area (Å²) in [7, 11) is 1.71. The summed E-state index contributed by atoms with van der Waals surface area (Å²) >= 11 is 0. The molecular weight excluding hydrogens is 352 g/mol. The molecule has 1 aromatic heterocycles. The topological polar surface area (TPSA) is 45.9 Å². The number of rotatable bonds is 4. The Hall–Kier alpha value is -2.27. The molecule has 150 valence electrons. The summed E-state index contributed by atoms with van der Waals surface area (Å²) in [6.07, 6.45) is 3.48. The standard InChI is InChI=1S/C23H30N2O3/c1-17-12-21(18(2)28-17)22(26)25-11-9-23(16-25)8-5-10-24(15-23)14-19-6-4-7-20(13-19)27-3/h4,6-7,12-13H,5,8-11,14-16H2,1-3H3. The average Bonchev–Trinajstić information content (AvgIpc) is 3.24. The summed E-state index contributed by atoms with van der Waals surface area (Å²) in [6.45, 7) is 8.58. The van der Waals surface area contributed by atoms with Gasteiger partial charge >= 0.3 is 0 Å². The molecule has 2 fully saturated rings. The molecule has 0 radical (unpaired) electrons. The number of likely N-dealkylation sites (tertiary alicyclic amines) is 2. The van der Waals surface area contributed by atoms with Gasteiger partial charge in [-0.2, -0.15) is 0 Å². The van der Waals surface area contributed by atoms with E-state index in [9.17, 15) is 4.79 Å². The molecule has 1 aromatic carbocycles. The van der Waals surface area contributed by atoms with Gasteiger partial charge < -0.3 is 14.1 Å². The highest BCUT2D eigenvalue weighted by molar-refractivity contribution is 5.95. The van der Waals surface area contributed by atoms with Crippen LogP contribution in [-0.2, 0) is 6.54 Å². The Kier molecular flexibility index (Phi) is 5.19. The molecule has 5 nitrogen and oxygen atoms in total. The highest BCUT2D eigenvalue weighted by Crippen LogP contribution is 2.40. The van der Waals surface area contributed by atoms with Crippen molar-refractivity contribution in [2.45, 2.75) is 39.7 Å². The van der Waals surface area contributed by atoms with Gasteiger partial charge in [-0.15, -0.1) is 0 Å². The molecule has 2 aliphatic rings. The van der Waals surface area contributed by atoms with Crippen molar-refractivity contribution >= 4 is 5.91 Å². The van der Waals surface area contributed by atoms with Gasteiger partial charge in [0.15, 0.2) is 0 Å². The van der Waals surface area contributed by atoms with Crippen molar-refractivity contribution in [3.8, 4) is 5.75 Å². The zero-order valence-electron chi connectivity index (χ0n) is 17.2. The van der Waals surface area contributed by atoms with Crippen LogP contribution in [-0.4, -0.2) is 49.0 Å². The quantitative estimate of drug-likeness (QED) is 0.801. The molecule has 2 aromatic rings. The van der Waals surface area contributed by atoms with Crippen LogP contribution in [0.3, 0.4) is 0 Å². The lowest BCUT2D eigenvalue weighted by molar-refractivity contribution is 0.0674.